The molecule has 0 atom stereocenters. The largest absolute Gasteiger partial charge is 0.495 e. The molecule has 0 aliphatic carbocycles. The van der Waals surface area contributed by atoms with Crippen LogP contribution < -0.4 is 14.8 Å². The van der Waals surface area contributed by atoms with Crippen molar-refractivity contribution in [2.45, 2.75) is 11.5 Å². The minimum atomic E-state index is -3.69. The molecule has 0 saturated carbocycles. The second-order valence-corrected chi connectivity index (χ2v) is 7.39. The van der Waals surface area contributed by atoms with Gasteiger partial charge in [0.05, 0.1) is 13.7 Å². The van der Waals surface area contributed by atoms with Crippen LogP contribution in [0.4, 0.5) is 5.69 Å². The van der Waals surface area contributed by atoms with E-state index in [1.807, 2.05) is 18.2 Å². The Hall–Kier alpha value is -2.68. The maximum Gasteiger partial charge on any atom is 0.248 e. The van der Waals surface area contributed by atoms with Crippen LogP contribution in [0, 0.1) is 0 Å². The van der Waals surface area contributed by atoms with Crippen LogP contribution in [0.15, 0.2) is 53.4 Å². The molecule has 8 heteroatoms. The molecule has 0 heterocycles. The number of para-hydroxylation sites is 1. The third-order valence-electron chi connectivity index (χ3n) is 3.75. The van der Waals surface area contributed by atoms with Crippen molar-refractivity contribution in [2.75, 3.05) is 26.6 Å². The maximum absolute atomic E-state index is 12.2. The van der Waals surface area contributed by atoms with Crippen LogP contribution in [-0.4, -0.2) is 35.6 Å². The van der Waals surface area contributed by atoms with E-state index in [2.05, 4.69) is 10.0 Å². The lowest BCUT2D eigenvalue weighted by molar-refractivity contribution is -0.111. The quantitative estimate of drug-likeness (QED) is 0.675. The average Bonchev–Trinajstić information content (AvgIpc) is 2.68. The van der Waals surface area contributed by atoms with Crippen molar-refractivity contribution in [3.8, 4) is 5.75 Å². The molecule has 0 spiro atoms. The van der Waals surface area contributed by atoms with E-state index in [1.54, 1.807) is 19.2 Å². The second kappa shape index (κ2) is 9.31. The highest BCUT2D eigenvalue weighted by atomic mass is 32.2. The highest BCUT2D eigenvalue weighted by molar-refractivity contribution is 7.89. The molecule has 2 aromatic rings. The number of carbonyl (C=O) groups excluding carboxylic acids is 1. The van der Waals surface area contributed by atoms with Crippen LogP contribution in [0.2, 0.25) is 0 Å². The van der Waals surface area contributed by atoms with Crippen LogP contribution in [0.5, 0.6) is 5.75 Å². The summed E-state index contributed by atoms with van der Waals surface area (Å²) in [6, 6.07) is 12.0. The SMILES string of the molecule is CNS(=O)(=O)c1cc(C=CC(=O)Nc2ccccc2COC)ccc1OC. The Kier molecular flexibility index (Phi) is 7.12. The van der Waals surface area contributed by atoms with E-state index in [0.29, 0.717) is 17.9 Å². The fourth-order valence-corrected chi connectivity index (χ4v) is 3.31. The standard InChI is InChI=1S/C19H22N2O5S/c1-20-27(23,24)18-12-14(8-10-17(18)26-3)9-11-19(22)21-16-7-5-4-6-15(16)13-25-2/h4-12,20H,13H2,1-3H3,(H,21,22). The summed E-state index contributed by atoms with van der Waals surface area (Å²) >= 11 is 0. The van der Waals surface area contributed by atoms with Crippen LogP contribution in [0.25, 0.3) is 6.08 Å². The Bertz CT molecular complexity index is 939. The number of carbonyl (C=O) groups is 1. The summed E-state index contributed by atoms with van der Waals surface area (Å²) in [4.78, 5) is 12.2. The Morgan fingerprint density at radius 2 is 1.89 bits per heavy atom. The monoisotopic (exact) mass is 390 g/mol. The van der Waals surface area contributed by atoms with Gasteiger partial charge in [0.1, 0.15) is 10.6 Å². The lowest BCUT2D eigenvalue weighted by Crippen LogP contribution is -2.19. The summed E-state index contributed by atoms with van der Waals surface area (Å²) in [5.74, 6) is -0.119. The molecule has 0 aliphatic rings. The van der Waals surface area contributed by atoms with Crippen LogP contribution >= 0.6 is 0 Å². The van der Waals surface area contributed by atoms with Crippen LogP contribution in [-0.2, 0) is 26.2 Å². The fourth-order valence-electron chi connectivity index (χ4n) is 2.39. The normalized spacial score (nSPS) is 11.5. The number of rotatable bonds is 8. The van der Waals surface area contributed by atoms with E-state index >= 15 is 0 Å². The maximum atomic E-state index is 12.2. The van der Waals surface area contributed by atoms with E-state index in [1.165, 1.54) is 38.4 Å². The number of methoxy groups -OCH3 is 2. The number of amides is 1. The number of hydrogen-bond acceptors (Lipinski definition) is 5. The second-order valence-electron chi connectivity index (χ2n) is 5.53. The molecule has 0 aliphatic heterocycles. The topological polar surface area (TPSA) is 93.7 Å². The molecular weight excluding hydrogens is 368 g/mol. The minimum Gasteiger partial charge on any atom is -0.495 e. The summed E-state index contributed by atoms with van der Waals surface area (Å²) < 4.78 is 36.7. The number of hydrogen-bond donors (Lipinski definition) is 2. The molecule has 0 aromatic heterocycles. The first-order valence-corrected chi connectivity index (χ1v) is 9.57. The van der Waals surface area contributed by atoms with Gasteiger partial charge in [-0.2, -0.15) is 0 Å². The van der Waals surface area contributed by atoms with Gasteiger partial charge in [0.2, 0.25) is 15.9 Å². The van der Waals surface area contributed by atoms with Crippen molar-refractivity contribution in [3.05, 3.63) is 59.7 Å². The summed E-state index contributed by atoms with van der Waals surface area (Å²) in [5, 5.41) is 2.78. The van der Waals surface area contributed by atoms with E-state index in [0.717, 1.165) is 5.56 Å². The molecule has 0 fully saturated rings. The predicted molar refractivity (Wildman–Crippen MR) is 104 cm³/mol. The molecule has 0 bridgehead atoms. The van der Waals surface area contributed by atoms with Crippen molar-refractivity contribution in [1.29, 1.82) is 0 Å². The number of benzene rings is 2. The van der Waals surface area contributed by atoms with Gasteiger partial charge >= 0.3 is 0 Å². The van der Waals surface area contributed by atoms with E-state index in [9.17, 15) is 13.2 Å². The lowest BCUT2D eigenvalue weighted by atomic mass is 10.1. The first kappa shape index (κ1) is 20.6. The molecule has 2 N–H and O–H groups in total. The van der Waals surface area contributed by atoms with Crippen LogP contribution in [0.1, 0.15) is 11.1 Å². The summed E-state index contributed by atoms with van der Waals surface area (Å²) in [6.07, 6.45) is 2.86. The first-order valence-electron chi connectivity index (χ1n) is 8.08. The van der Waals surface area contributed by atoms with Crippen LogP contribution in [0.3, 0.4) is 0 Å². The van der Waals surface area contributed by atoms with Gasteiger partial charge in [0.25, 0.3) is 0 Å². The predicted octanol–water partition coefficient (Wildman–Crippen LogP) is 2.40. The molecular formula is C19H22N2O5S. The zero-order valence-electron chi connectivity index (χ0n) is 15.4. The smallest absolute Gasteiger partial charge is 0.248 e. The molecule has 27 heavy (non-hydrogen) atoms. The third kappa shape index (κ3) is 5.40. The lowest BCUT2D eigenvalue weighted by Gasteiger charge is -2.10. The Morgan fingerprint density at radius 1 is 1.15 bits per heavy atom. The van der Waals surface area contributed by atoms with Crippen molar-refractivity contribution < 1.29 is 22.7 Å². The van der Waals surface area contributed by atoms with Gasteiger partial charge in [-0.3, -0.25) is 4.79 Å². The molecule has 2 rings (SSSR count). The van der Waals surface area contributed by atoms with E-state index in [4.69, 9.17) is 9.47 Å². The van der Waals surface area contributed by atoms with E-state index in [-0.39, 0.29) is 16.6 Å². The highest BCUT2D eigenvalue weighted by Gasteiger charge is 2.17. The van der Waals surface area contributed by atoms with Gasteiger partial charge in [0, 0.05) is 24.4 Å². The molecule has 2 aromatic carbocycles. The molecule has 0 unspecified atom stereocenters. The molecule has 7 nitrogen and oxygen atoms in total. The minimum absolute atomic E-state index is 0.000461. The van der Waals surface area contributed by atoms with Gasteiger partial charge < -0.3 is 14.8 Å². The summed E-state index contributed by atoms with van der Waals surface area (Å²) in [5.41, 5.74) is 2.06. The van der Waals surface area contributed by atoms with Gasteiger partial charge in [-0.05, 0) is 36.9 Å². The summed E-state index contributed by atoms with van der Waals surface area (Å²) in [6.45, 7) is 0.379. The summed E-state index contributed by atoms with van der Waals surface area (Å²) in [7, 11) is 0.611. The molecule has 0 radical (unpaired) electrons. The fraction of sp³-hybridized carbons (Fsp3) is 0.211. The zero-order valence-corrected chi connectivity index (χ0v) is 16.2. The molecule has 144 valence electrons. The zero-order chi connectivity index (χ0) is 19.9. The van der Waals surface area contributed by atoms with Gasteiger partial charge in [-0.15, -0.1) is 0 Å². The first-order chi connectivity index (χ1) is 12.9. The number of nitrogens with one attached hydrogen (secondary N) is 2. The number of anilines is 1. The van der Waals surface area contributed by atoms with Gasteiger partial charge in [0.15, 0.2) is 0 Å². The van der Waals surface area contributed by atoms with Crippen molar-refractivity contribution in [2.24, 2.45) is 0 Å². The van der Waals surface area contributed by atoms with Gasteiger partial charge in [-0.1, -0.05) is 24.3 Å². The van der Waals surface area contributed by atoms with Crippen molar-refractivity contribution in [1.82, 2.24) is 4.72 Å². The molecule has 0 saturated heterocycles. The van der Waals surface area contributed by atoms with Crippen molar-refractivity contribution >= 4 is 27.7 Å². The van der Waals surface area contributed by atoms with Gasteiger partial charge in [-0.25, -0.2) is 13.1 Å². The highest BCUT2D eigenvalue weighted by Crippen LogP contribution is 2.25. The number of sulfonamides is 1. The average molecular weight is 390 g/mol. The van der Waals surface area contributed by atoms with Crippen molar-refractivity contribution in [3.63, 3.8) is 0 Å². The third-order valence-corrected chi connectivity index (χ3v) is 5.18. The number of ether oxygens (including phenoxy) is 2. The Balaban J connectivity index is 2.21. The molecule has 1 amide bonds. The Morgan fingerprint density at radius 3 is 2.56 bits per heavy atom. The van der Waals surface area contributed by atoms with E-state index < -0.39 is 10.0 Å². The Labute approximate surface area is 159 Å².